The smallest absolute Gasteiger partial charge is 0.160 e. The predicted octanol–water partition coefficient (Wildman–Crippen LogP) is 3.06. The molecule has 0 amide bonds. The highest BCUT2D eigenvalue weighted by Gasteiger charge is 2.13. The molecule has 4 nitrogen and oxygen atoms in total. The molecule has 2 aromatic heterocycles. The lowest BCUT2D eigenvalue weighted by Crippen LogP contribution is -2.07. The summed E-state index contributed by atoms with van der Waals surface area (Å²) in [6.45, 7) is 5.63. The van der Waals surface area contributed by atoms with Crippen LogP contribution in [0, 0.1) is 13.8 Å². The summed E-state index contributed by atoms with van der Waals surface area (Å²) in [5, 5.41) is 0. The third-order valence-corrected chi connectivity index (χ3v) is 3.62. The van der Waals surface area contributed by atoms with Crippen LogP contribution >= 0.6 is 0 Å². The Morgan fingerprint density at radius 1 is 1.10 bits per heavy atom. The molecule has 0 saturated heterocycles. The molecule has 3 aromatic rings. The number of imidazole rings is 1. The summed E-state index contributed by atoms with van der Waals surface area (Å²) in [5.74, 6) is 0.969. The number of pyridine rings is 1. The van der Waals surface area contributed by atoms with E-state index >= 15 is 0 Å². The van der Waals surface area contributed by atoms with E-state index in [4.69, 9.17) is 10.7 Å². The van der Waals surface area contributed by atoms with Crippen molar-refractivity contribution in [2.24, 2.45) is 5.73 Å². The van der Waals surface area contributed by atoms with Crippen LogP contribution in [-0.2, 0) is 6.54 Å². The van der Waals surface area contributed by atoms with E-state index in [0.717, 1.165) is 41.1 Å². The van der Waals surface area contributed by atoms with E-state index in [-0.39, 0.29) is 0 Å². The Morgan fingerprint density at radius 3 is 2.57 bits per heavy atom. The monoisotopic (exact) mass is 280 g/mol. The first kappa shape index (κ1) is 13.8. The van der Waals surface area contributed by atoms with Gasteiger partial charge in [0.2, 0.25) is 0 Å². The summed E-state index contributed by atoms with van der Waals surface area (Å²) in [6, 6.07) is 10.5. The molecule has 2 N–H and O–H groups in total. The summed E-state index contributed by atoms with van der Waals surface area (Å²) >= 11 is 0. The largest absolute Gasteiger partial charge is 0.330 e. The van der Waals surface area contributed by atoms with Crippen LogP contribution in [0.15, 0.2) is 36.5 Å². The number of nitrogens with two attached hydrogens (primary N) is 1. The zero-order valence-electron chi connectivity index (χ0n) is 12.5. The maximum atomic E-state index is 5.67. The zero-order valence-corrected chi connectivity index (χ0v) is 12.5. The van der Waals surface area contributed by atoms with Crippen LogP contribution in [0.5, 0.6) is 0 Å². The average Bonchev–Trinajstić information content (AvgIpc) is 2.83. The molecule has 0 bridgehead atoms. The summed E-state index contributed by atoms with van der Waals surface area (Å²) in [7, 11) is 0. The highest BCUT2D eigenvalue weighted by Crippen LogP contribution is 2.24. The number of aromatic nitrogens is 3. The van der Waals surface area contributed by atoms with Gasteiger partial charge in [0.25, 0.3) is 0 Å². The molecule has 108 valence electrons. The van der Waals surface area contributed by atoms with Crippen molar-refractivity contribution in [1.82, 2.24) is 14.5 Å². The summed E-state index contributed by atoms with van der Waals surface area (Å²) in [5.41, 5.74) is 11.0. The Labute approximate surface area is 124 Å². The molecular formula is C17H20N4. The molecule has 3 rings (SSSR count). The Morgan fingerprint density at radius 2 is 1.86 bits per heavy atom. The van der Waals surface area contributed by atoms with Gasteiger partial charge in [-0.15, -0.1) is 0 Å². The lowest BCUT2D eigenvalue weighted by atomic mass is 10.1. The number of hydrogen-bond acceptors (Lipinski definition) is 3. The van der Waals surface area contributed by atoms with E-state index < -0.39 is 0 Å². The van der Waals surface area contributed by atoms with Crippen LogP contribution in [0.3, 0.4) is 0 Å². The van der Waals surface area contributed by atoms with Crippen molar-refractivity contribution in [3.63, 3.8) is 0 Å². The highest BCUT2D eigenvalue weighted by atomic mass is 15.1. The van der Waals surface area contributed by atoms with E-state index in [1.165, 1.54) is 5.56 Å². The van der Waals surface area contributed by atoms with E-state index in [1.54, 1.807) is 0 Å². The van der Waals surface area contributed by atoms with Crippen molar-refractivity contribution in [3.8, 4) is 11.4 Å². The van der Waals surface area contributed by atoms with E-state index in [0.29, 0.717) is 6.54 Å². The van der Waals surface area contributed by atoms with Crippen LogP contribution in [-0.4, -0.2) is 21.1 Å². The predicted molar refractivity (Wildman–Crippen MR) is 86.1 cm³/mol. The molecule has 0 aliphatic rings. The second kappa shape index (κ2) is 5.66. The fourth-order valence-corrected chi connectivity index (χ4v) is 2.50. The van der Waals surface area contributed by atoms with E-state index in [2.05, 4.69) is 46.8 Å². The first-order valence-corrected chi connectivity index (χ1v) is 7.29. The summed E-state index contributed by atoms with van der Waals surface area (Å²) < 4.78 is 2.17. The fourth-order valence-electron chi connectivity index (χ4n) is 2.50. The molecule has 0 saturated carbocycles. The minimum absolute atomic E-state index is 0.666. The van der Waals surface area contributed by atoms with E-state index in [9.17, 15) is 0 Å². The van der Waals surface area contributed by atoms with Gasteiger partial charge in [-0.2, -0.15) is 0 Å². The summed E-state index contributed by atoms with van der Waals surface area (Å²) in [6.07, 6.45) is 2.81. The van der Waals surface area contributed by atoms with Gasteiger partial charge in [0.05, 0.1) is 0 Å². The molecule has 0 unspecified atom stereocenters. The number of benzene rings is 1. The van der Waals surface area contributed by atoms with Gasteiger partial charge in [-0.1, -0.05) is 29.8 Å². The molecule has 0 spiro atoms. The summed E-state index contributed by atoms with van der Waals surface area (Å²) in [4.78, 5) is 9.34. The van der Waals surface area contributed by atoms with Gasteiger partial charge in [-0.3, -0.25) is 0 Å². The Kier molecular flexibility index (Phi) is 3.71. The third kappa shape index (κ3) is 2.67. The quantitative estimate of drug-likeness (QED) is 0.799. The van der Waals surface area contributed by atoms with Gasteiger partial charge in [0, 0.05) is 18.3 Å². The van der Waals surface area contributed by atoms with Gasteiger partial charge >= 0.3 is 0 Å². The van der Waals surface area contributed by atoms with Gasteiger partial charge in [-0.25, -0.2) is 9.97 Å². The van der Waals surface area contributed by atoms with Crippen molar-refractivity contribution in [3.05, 3.63) is 47.7 Å². The lowest BCUT2D eigenvalue weighted by Gasteiger charge is -2.08. The molecule has 0 radical (unpaired) electrons. The zero-order chi connectivity index (χ0) is 14.8. The molecule has 21 heavy (non-hydrogen) atoms. The maximum Gasteiger partial charge on any atom is 0.160 e. The van der Waals surface area contributed by atoms with Gasteiger partial charge < -0.3 is 10.3 Å². The molecule has 2 heterocycles. The average molecular weight is 280 g/mol. The van der Waals surface area contributed by atoms with Crippen LogP contribution in [0.1, 0.15) is 17.5 Å². The highest BCUT2D eigenvalue weighted by molar-refractivity contribution is 5.77. The standard InChI is InChI=1S/C17H20N4/c1-12-4-6-14(7-5-12)16-20-15-10-13(2)11-19-17(15)21(16)9-3-8-18/h4-7,10-11H,3,8-9,18H2,1-2H3. The SMILES string of the molecule is Cc1ccc(-c2nc3cc(C)cnc3n2CCCN)cc1. The first-order valence-electron chi connectivity index (χ1n) is 7.29. The minimum Gasteiger partial charge on any atom is -0.330 e. The Bertz CT molecular complexity index is 756. The molecule has 4 heteroatoms. The molecular weight excluding hydrogens is 260 g/mol. The molecule has 0 fully saturated rings. The second-order valence-electron chi connectivity index (χ2n) is 5.45. The van der Waals surface area contributed by atoms with Gasteiger partial charge in [0.1, 0.15) is 11.3 Å². The van der Waals surface area contributed by atoms with Crippen LogP contribution in [0.4, 0.5) is 0 Å². The number of fused-ring (bicyclic) bond motifs is 1. The van der Waals surface area contributed by atoms with Crippen LogP contribution in [0.2, 0.25) is 0 Å². The van der Waals surface area contributed by atoms with Crippen molar-refractivity contribution < 1.29 is 0 Å². The normalized spacial score (nSPS) is 11.2. The number of hydrogen-bond donors (Lipinski definition) is 1. The first-order chi connectivity index (χ1) is 10.2. The van der Waals surface area contributed by atoms with E-state index in [1.807, 2.05) is 13.1 Å². The van der Waals surface area contributed by atoms with Gasteiger partial charge in [0.15, 0.2) is 5.65 Å². The van der Waals surface area contributed by atoms with Crippen molar-refractivity contribution >= 4 is 11.2 Å². The number of aryl methyl sites for hydroxylation is 3. The fraction of sp³-hybridized carbons (Fsp3) is 0.294. The van der Waals surface area contributed by atoms with Crippen molar-refractivity contribution in [2.45, 2.75) is 26.8 Å². The lowest BCUT2D eigenvalue weighted by molar-refractivity contribution is 0.667. The molecule has 1 aromatic carbocycles. The van der Waals surface area contributed by atoms with Crippen LogP contribution in [0.25, 0.3) is 22.6 Å². The molecule has 0 aliphatic carbocycles. The molecule has 0 atom stereocenters. The topological polar surface area (TPSA) is 56.7 Å². The van der Waals surface area contributed by atoms with Gasteiger partial charge in [-0.05, 0) is 38.4 Å². The van der Waals surface area contributed by atoms with Crippen LogP contribution < -0.4 is 5.73 Å². The molecule has 0 aliphatic heterocycles. The Balaban J connectivity index is 2.17. The third-order valence-electron chi connectivity index (χ3n) is 3.62. The number of nitrogens with zero attached hydrogens (tertiary/aromatic N) is 3. The van der Waals surface area contributed by atoms with Crippen molar-refractivity contribution in [2.75, 3.05) is 6.54 Å². The number of rotatable bonds is 4. The maximum absolute atomic E-state index is 5.67. The van der Waals surface area contributed by atoms with Crippen molar-refractivity contribution in [1.29, 1.82) is 0 Å². The minimum atomic E-state index is 0.666. The second-order valence-corrected chi connectivity index (χ2v) is 5.45. The Hall–Kier alpha value is -2.20.